The number of hydrogen-bond acceptors (Lipinski definition) is 1. The van der Waals surface area contributed by atoms with Crippen molar-refractivity contribution in [1.82, 2.24) is 4.98 Å². The van der Waals surface area contributed by atoms with Crippen LogP contribution in [0.4, 0.5) is 0 Å². The van der Waals surface area contributed by atoms with Gasteiger partial charge in [0, 0.05) is 16.6 Å². The molecule has 0 aliphatic carbocycles. The van der Waals surface area contributed by atoms with Gasteiger partial charge in [0.15, 0.2) is 0 Å². The summed E-state index contributed by atoms with van der Waals surface area (Å²) in [6, 6.07) is 7.78. The zero-order valence-corrected chi connectivity index (χ0v) is 9.00. The van der Waals surface area contributed by atoms with E-state index in [4.69, 9.17) is 11.6 Å². The standard InChI is InChI=1S/C9H5ClIN/c10-7-1-2-8-6(5-7)3-4-12-9(8)11/h1-5H. The third-order valence-electron chi connectivity index (χ3n) is 1.68. The van der Waals surface area contributed by atoms with Crippen molar-refractivity contribution in [2.24, 2.45) is 0 Å². The smallest absolute Gasteiger partial charge is 0.109 e. The summed E-state index contributed by atoms with van der Waals surface area (Å²) in [6.07, 6.45) is 1.79. The maximum Gasteiger partial charge on any atom is 0.109 e. The predicted octanol–water partition coefficient (Wildman–Crippen LogP) is 3.49. The van der Waals surface area contributed by atoms with Crippen molar-refractivity contribution in [3.63, 3.8) is 0 Å². The Morgan fingerprint density at radius 1 is 1.25 bits per heavy atom. The molecule has 0 bridgehead atoms. The molecular weight excluding hydrogens is 284 g/mol. The first-order valence-electron chi connectivity index (χ1n) is 3.47. The monoisotopic (exact) mass is 289 g/mol. The van der Waals surface area contributed by atoms with Crippen LogP contribution in [0.2, 0.25) is 5.02 Å². The van der Waals surface area contributed by atoms with Gasteiger partial charge < -0.3 is 0 Å². The fourth-order valence-corrected chi connectivity index (χ4v) is 1.94. The first-order valence-corrected chi connectivity index (χ1v) is 4.93. The highest BCUT2D eigenvalue weighted by molar-refractivity contribution is 14.1. The van der Waals surface area contributed by atoms with Gasteiger partial charge in [0.05, 0.1) is 0 Å². The number of halogens is 2. The molecule has 0 radical (unpaired) electrons. The Balaban J connectivity index is 2.86. The Labute approximate surface area is 88.9 Å². The van der Waals surface area contributed by atoms with Gasteiger partial charge in [-0.2, -0.15) is 0 Å². The summed E-state index contributed by atoms with van der Waals surface area (Å²) in [6.45, 7) is 0. The van der Waals surface area contributed by atoms with Crippen LogP contribution >= 0.6 is 34.2 Å². The molecule has 1 aromatic heterocycles. The minimum Gasteiger partial charge on any atom is -0.250 e. The van der Waals surface area contributed by atoms with Gasteiger partial charge in [-0.15, -0.1) is 0 Å². The number of hydrogen-bond donors (Lipinski definition) is 0. The second-order valence-corrected chi connectivity index (χ2v) is 3.93. The summed E-state index contributed by atoms with van der Waals surface area (Å²) in [7, 11) is 0. The van der Waals surface area contributed by atoms with Crippen LogP contribution in [-0.4, -0.2) is 4.98 Å². The highest BCUT2D eigenvalue weighted by Crippen LogP contribution is 2.21. The Hall–Kier alpha value is -0.350. The van der Waals surface area contributed by atoms with Crippen molar-refractivity contribution < 1.29 is 0 Å². The summed E-state index contributed by atoms with van der Waals surface area (Å²) >= 11 is 8.06. The molecule has 2 rings (SSSR count). The summed E-state index contributed by atoms with van der Waals surface area (Å²) in [5.74, 6) is 0. The lowest BCUT2D eigenvalue weighted by Gasteiger charge is -1.98. The summed E-state index contributed by atoms with van der Waals surface area (Å²) < 4.78 is 1.02. The molecule has 1 aromatic carbocycles. The van der Waals surface area contributed by atoms with Gasteiger partial charge >= 0.3 is 0 Å². The minimum atomic E-state index is 0.768. The molecule has 2 aromatic rings. The second kappa shape index (κ2) is 3.18. The number of pyridine rings is 1. The molecule has 0 amide bonds. The number of rotatable bonds is 0. The van der Waals surface area contributed by atoms with E-state index in [1.165, 1.54) is 0 Å². The lowest BCUT2D eigenvalue weighted by molar-refractivity contribution is 1.31. The van der Waals surface area contributed by atoms with E-state index in [0.29, 0.717) is 0 Å². The molecule has 0 saturated carbocycles. The normalized spacial score (nSPS) is 10.5. The van der Waals surface area contributed by atoms with Crippen LogP contribution in [0.25, 0.3) is 10.8 Å². The van der Waals surface area contributed by atoms with Crippen LogP contribution in [0.5, 0.6) is 0 Å². The molecule has 12 heavy (non-hydrogen) atoms. The summed E-state index contributed by atoms with van der Waals surface area (Å²) in [4.78, 5) is 4.18. The molecule has 3 heteroatoms. The van der Waals surface area contributed by atoms with E-state index in [1.807, 2.05) is 24.3 Å². The average molecular weight is 290 g/mol. The van der Waals surface area contributed by atoms with Gasteiger partial charge in [0.25, 0.3) is 0 Å². The van der Waals surface area contributed by atoms with Crippen LogP contribution in [0.1, 0.15) is 0 Å². The highest BCUT2D eigenvalue weighted by atomic mass is 127. The largest absolute Gasteiger partial charge is 0.250 e. The number of fused-ring (bicyclic) bond motifs is 1. The van der Waals surface area contributed by atoms with Crippen molar-refractivity contribution in [3.05, 3.63) is 39.2 Å². The first-order chi connectivity index (χ1) is 5.77. The molecule has 0 atom stereocenters. The maximum absolute atomic E-state index is 5.85. The van der Waals surface area contributed by atoms with Gasteiger partial charge in [-0.05, 0) is 46.2 Å². The van der Waals surface area contributed by atoms with Crippen molar-refractivity contribution >= 4 is 45.0 Å². The summed E-state index contributed by atoms with van der Waals surface area (Å²) in [5, 5.41) is 3.06. The topological polar surface area (TPSA) is 12.9 Å². The molecule has 0 aliphatic heterocycles. The first kappa shape index (κ1) is 8.26. The summed E-state index contributed by atoms with van der Waals surface area (Å²) in [5.41, 5.74) is 0. The van der Waals surface area contributed by atoms with Crippen LogP contribution in [-0.2, 0) is 0 Å². The van der Waals surface area contributed by atoms with Crippen LogP contribution in [0, 0.1) is 3.70 Å². The average Bonchev–Trinajstić information content (AvgIpc) is 2.04. The zero-order chi connectivity index (χ0) is 8.55. The maximum atomic E-state index is 5.85. The molecule has 0 saturated heterocycles. The molecule has 0 N–H and O–H groups in total. The SMILES string of the molecule is Clc1ccc2c(I)nccc2c1. The minimum absolute atomic E-state index is 0.768. The Kier molecular flexibility index (Phi) is 2.19. The number of nitrogens with zero attached hydrogens (tertiary/aromatic N) is 1. The third kappa shape index (κ3) is 1.41. The van der Waals surface area contributed by atoms with Crippen molar-refractivity contribution in [2.75, 3.05) is 0 Å². The van der Waals surface area contributed by atoms with Crippen molar-refractivity contribution in [1.29, 1.82) is 0 Å². The number of aromatic nitrogens is 1. The van der Waals surface area contributed by atoms with Crippen molar-refractivity contribution in [3.8, 4) is 0 Å². The van der Waals surface area contributed by atoms with Gasteiger partial charge in [-0.25, -0.2) is 4.98 Å². The van der Waals surface area contributed by atoms with Gasteiger partial charge in [0.2, 0.25) is 0 Å². The third-order valence-corrected chi connectivity index (χ3v) is 2.77. The lowest BCUT2D eigenvalue weighted by Crippen LogP contribution is -1.81. The Bertz CT molecular complexity index is 428. The van der Waals surface area contributed by atoms with Crippen LogP contribution < -0.4 is 0 Å². The fraction of sp³-hybridized carbons (Fsp3) is 0. The zero-order valence-electron chi connectivity index (χ0n) is 6.09. The van der Waals surface area contributed by atoms with Gasteiger partial charge in [-0.3, -0.25) is 0 Å². The van der Waals surface area contributed by atoms with E-state index >= 15 is 0 Å². The van der Waals surface area contributed by atoms with Gasteiger partial charge in [0.1, 0.15) is 3.70 Å². The predicted molar refractivity (Wildman–Crippen MR) is 59.5 cm³/mol. The second-order valence-electron chi connectivity index (χ2n) is 2.47. The molecular formula is C9H5ClIN. The van der Waals surface area contributed by atoms with E-state index in [-0.39, 0.29) is 0 Å². The Morgan fingerprint density at radius 2 is 2.08 bits per heavy atom. The molecule has 60 valence electrons. The molecule has 0 fully saturated rings. The van der Waals surface area contributed by atoms with E-state index < -0.39 is 0 Å². The Morgan fingerprint density at radius 3 is 2.92 bits per heavy atom. The number of benzene rings is 1. The van der Waals surface area contributed by atoms with Crippen molar-refractivity contribution in [2.45, 2.75) is 0 Å². The quantitative estimate of drug-likeness (QED) is 0.534. The van der Waals surface area contributed by atoms with E-state index in [0.717, 1.165) is 19.5 Å². The van der Waals surface area contributed by atoms with E-state index in [2.05, 4.69) is 27.6 Å². The molecule has 1 nitrogen and oxygen atoms in total. The van der Waals surface area contributed by atoms with Gasteiger partial charge in [-0.1, -0.05) is 17.7 Å². The van der Waals surface area contributed by atoms with Crippen LogP contribution in [0.15, 0.2) is 30.5 Å². The van der Waals surface area contributed by atoms with Crippen LogP contribution in [0.3, 0.4) is 0 Å². The fourth-order valence-electron chi connectivity index (χ4n) is 1.11. The molecule has 0 unspecified atom stereocenters. The lowest BCUT2D eigenvalue weighted by atomic mass is 10.2. The molecule has 1 heterocycles. The van der Waals surface area contributed by atoms with E-state index in [9.17, 15) is 0 Å². The molecule has 0 aliphatic rings. The highest BCUT2D eigenvalue weighted by Gasteiger charge is 1.98. The molecule has 0 spiro atoms. The van der Waals surface area contributed by atoms with E-state index in [1.54, 1.807) is 6.20 Å².